The first kappa shape index (κ1) is 26.8. The zero-order valence-corrected chi connectivity index (χ0v) is 20.6. The molecule has 9 nitrogen and oxygen atoms in total. The number of ether oxygens (including phenoxy) is 2. The van der Waals surface area contributed by atoms with E-state index in [1.54, 1.807) is 24.1 Å². The van der Waals surface area contributed by atoms with Crippen LogP contribution in [0.1, 0.15) is 16.6 Å². The highest BCUT2D eigenvalue weighted by Crippen LogP contribution is 2.32. The average Bonchev–Trinajstić information content (AvgIpc) is 3.26. The molecule has 13 heteroatoms. The third-order valence-corrected chi connectivity index (χ3v) is 6.55. The predicted octanol–water partition coefficient (Wildman–Crippen LogP) is 3.05. The summed E-state index contributed by atoms with van der Waals surface area (Å²) in [6.45, 7) is -0.403. The van der Waals surface area contributed by atoms with Crippen molar-refractivity contribution < 1.29 is 32.6 Å². The molecule has 0 aliphatic carbocycles. The second kappa shape index (κ2) is 12.2. The third-order valence-electron chi connectivity index (χ3n) is 5.32. The molecule has 2 aromatic rings. The number of morpholine rings is 1. The molecule has 1 aromatic heterocycles. The molecule has 1 aliphatic heterocycles. The van der Waals surface area contributed by atoms with Crippen molar-refractivity contribution in [1.82, 2.24) is 10.2 Å². The van der Waals surface area contributed by atoms with Gasteiger partial charge >= 0.3 is 6.61 Å². The molecular formula is C22H25ClF2N4O5S. The molecule has 0 spiro atoms. The molecule has 1 atom stereocenters. The molecule has 1 fully saturated rings. The summed E-state index contributed by atoms with van der Waals surface area (Å²) in [7, 11) is 1.70. The first-order chi connectivity index (χ1) is 16.7. The summed E-state index contributed by atoms with van der Waals surface area (Å²) in [5.41, 5.74) is 0.349. The van der Waals surface area contributed by atoms with Gasteiger partial charge in [0, 0.05) is 24.8 Å². The molecule has 0 saturated carbocycles. The maximum atomic E-state index is 13.1. The van der Waals surface area contributed by atoms with Gasteiger partial charge in [0.05, 0.1) is 21.5 Å². The summed E-state index contributed by atoms with van der Waals surface area (Å²) in [6, 6.07) is 6.56. The Morgan fingerprint density at radius 2 is 2.09 bits per heavy atom. The third kappa shape index (κ3) is 7.10. The van der Waals surface area contributed by atoms with Crippen LogP contribution in [0.5, 0.6) is 5.75 Å². The van der Waals surface area contributed by atoms with E-state index in [0.29, 0.717) is 28.1 Å². The number of benzene rings is 1. The van der Waals surface area contributed by atoms with Crippen LogP contribution in [0.3, 0.4) is 0 Å². The highest BCUT2D eigenvalue weighted by molar-refractivity contribution is 7.18. The monoisotopic (exact) mass is 530 g/mol. The number of amides is 3. The second-order valence-electron chi connectivity index (χ2n) is 7.55. The minimum Gasteiger partial charge on any atom is -0.433 e. The van der Waals surface area contributed by atoms with Crippen LogP contribution in [0, 0.1) is 0 Å². The Bertz CT molecular complexity index is 1070. The van der Waals surface area contributed by atoms with Crippen molar-refractivity contribution in [1.29, 1.82) is 0 Å². The largest absolute Gasteiger partial charge is 0.433 e. The van der Waals surface area contributed by atoms with Crippen LogP contribution in [0.25, 0.3) is 0 Å². The summed E-state index contributed by atoms with van der Waals surface area (Å²) in [5, 5.41) is 5.30. The molecule has 35 heavy (non-hydrogen) atoms. The molecule has 2 heterocycles. The fraction of sp³-hybridized carbons (Fsp3) is 0.409. The number of nitrogens with zero attached hydrogens (tertiary/aromatic N) is 2. The maximum Gasteiger partial charge on any atom is 0.387 e. The highest BCUT2D eigenvalue weighted by Gasteiger charge is 2.26. The van der Waals surface area contributed by atoms with Crippen LogP contribution in [0.2, 0.25) is 4.34 Å². The SMILES string of the molecule is CCN(C)[C@H](CNC(=O)c1ccc(Cl)s1)C(=O)Nc1ccc(N2CCOCC2=O)cc1OC(F)F. The lowest BCUT2D eigenvalue weighted by atomic mass is 10.2. The Hall–Kier alpha value is -2.80. The summed E-state index contributed by atoms with van der Waals surface area (Å²) in [6.07, 6.45) is 0. The number of rotatable bonds is 10. The van der Waals surface area contributed by atoms with Crippen LogP contribution in [-0.2, 0) is 14.3 Å². The van der Waals surface area contributed by atoms with E-state index in [0.717, 1.165) is 11.3 Å². The van der Waals surface area contributed by atoms with Gasteiger partial charge in [-0.05, 0) is 37.9 Å². The van der Waals surface area contributed by atoms with Gasteiger partial charge in [0.25, 0.3) is 11.8 Å². The van der Waals surface area contributed by atoms with E-state index < -0.39 is 18.6 Å². The van der Waals surface area contributed by atoms with Gasteiger partial charge in [-0.3, -0.25) is 19.3 Å². The zero-order valence-electron chi connectivity index (χ0n) is 19.1. The van der Waals surface area contributed by atoms with Crippen molar-refractivity contribution in [2.75, 3.05) is 50.1 Å². The molecule has 1 saturated heterocycles. The first-order valence-corrected chi connectivity index (χ1v) is 11.9. The van der Waals surface area contributed by atoms with Gasteiger partial charge in [-0.15, -0.1) is 11.3 Å². The van der Waals surface area contributed by atoms with Gasteiger partial charge in [0.2, 0.25) is 5.91 Å². The van der Waals surface area contributed by atoms with Gasteiger partial charge in [-0.25, -0.2) is 0 Å². The number of nitrogens with one attached hydrogen (secondary N) is 2. The van der Waals surface area contributed by atoms with Crippen molar-refractivity contribution in [3.05, 3.63) is 39.5 Å². The number of likely N-dealkylation sites (N-methyl/N-ethyl adjacent to an activating group) is 1. The molecule has 0 unspecified atom stereocenters. The number of halogens is 3. The number of thiophene rings is 1. The van der Waals surface area contributed by atoms with E-state index in [9.17, 15) is 23.2 Å². The molecule has 0 bridgehead atoms. The minimum absolute atomic E-state index is 0.00521. The lowest BCUT2D eigenvalue weighted by Crippen LogP contribution is -2.49. The lowest BCUT2D eigenvalue weighted by Gasteiger charge is -2.28. The lowest BCUT2D eigenvalue weighted by molar-refractivity contribution is -0.125. The number of alkyl halides is 2. The number of hydrogen-bond donors (Lipinski definition) is 2. The minimum atomic E-state index is -3.15. The number of hydrogen-bond acceptors (Lipinski definition) is 7. The molecular weight excluding hydrogens is 506 g/mol. The standard InChI is InChI=1S/C22H25ClF2N4O5S/c1-3-28(2)15(11-26-21(32)17-6-7-18(23)35-17)20(31)27-14-5-4-13(10-16(14)34-22(24)25)29-8-9-33-12-19(29)30/h4-7,10,15,22H,3,8-9,11-12H2,1-2H3,(H,26,32)(H,27,31)/t15-/m1/s1. The van der Waals surface area contributed by atoms with Crippen LogP contribution >= 0.6 is 22.9 Å². The Labute approximate surface area is 209 Å². The Kier molecular flexibility index (Phi) is 9.38. The molecule has 3 rings (SSSR count). The van der Waals surface area contributed by atoms with Crippen LogP contribution in [0.4, 0.5) is 20.2 Å². The van der Waals surface area contributed by atoms with Crippen molar-refractivity contribution in [3.8, 4) is 5.75 Å². The molecule has 3 amide bonds. The fourth-order valence-electron chi connectivity index (χ4n) is 3.36. The van der Waals surface area contributed by atoms with E-state index in [-0.39, 0.29) is 42.9 Å². The summed E-state index contributed by atoms with van der Waals surface area (Å²) in [4.78, 5) is 41.1. The Balaban J connectivity index is 1.77. The first-order valence-electron chi connectivity index (χ1n) is 10.7. The van der Waals surface area contributed by atoms with Gasteiger partial charge in [-0.1, -0.05) is 18.5 Å². The molecule has 2 N–H and O–H groups in total. The number of anilines is 2. The topological polar surface area (TPSA) is 100 Å². The van der Waals surface area contributed by atoms with E-state index >= 15 is 0 Å². The van der Waals surface area contributed by atoms with Crippen molar-refractivity contribution >= 4 is 52.0 Å². The molecule has 190 valence electrons. The van der Waals surface area contributed by atoms with E-state index in [4.69, 9.17) is 16.3 Å². The van der Waals surface area contributed by atoms with Gasteiger partial charge < -0.3 is 25.0 Å². The normalized spacial score (nSPS) is 14.8. The van der Waals surface area contributed by atoms with Crippen LogP contribution in [0.15, 0.2) is 30.3 Å². The number of carbonyl (C=O) groups excluding carboxylic acids is 3. The number of carbonyl (C=O) groups is 3. The summed E-state index contributed by atoms with van der Waals surface area (Å²) < 4.78 is 36.4. The van der Waals surface area contributed by atoms with E-state index in [1.807, 2.05) is 6.92 Å². The molecule has 1 aliphatic rings. The van der Waals surface area contributed by atoms with E-state index in [2.05, 4.69) is 15.4 Å². The van der Waals surface area contributed by atoms with Crippen molar-refractivity contribution in [2.24, 2.45) is 0 Å². The zero-order chi connectivity index (χ0) is 25.5. The predicted molar refractivity (Wildman–Crippen MR) is 129 cm³/mol. The van der Waals surface area contributed by atoms with Crippen LogP contribution < -0.4 is 20.3 Å². The van der Waals surface area contributed by atoms with Gasteiger partial charge in [0.15, 0.2) is 5.75 Å². The maximum absolute atomic E-state index is 13.1. The fourth-order valence-corrected chi connectivity index (χ4v) is 4.32. The van der Waals surface area contributed by atoms with Crippen LogP contribution in [-0.4, -0.2) is 75.2 Å². The summed E-state index contributed by atoms with van der Waals surface area (Å²) >= 11 is 6.98. The Morgan fingerprint density at radius 3 is 2.71 bits per heavy atom. The Morgan fingerprint density at radius 1 is 1.31 bits per heavy atom. The highest BCUT2D eigenvalue weighted by atomic mass is 35.5. The van der Waals surface area contributed by atoms with Gasteiger partial charge in [-0.2, -0.15) is 8.78 Å². The molecule has 0 radical (unpaired) electrons. The quantitative estimate of drug-likeness (QED) is 0.490. The van der Waals surface area contributed by atoms with Crippen molar-refractivity contribution in [2.45, 2.75) is 19.6 Å². The van der Waals surface area contributed by atoms with Gasteiger partial charge in [0.1, 0.15) is 12.6 Å². The van der Waals surface area contributed by atoms with Crippen molar-refractivity contribution in [3.63, 3.8) is 0 Å². The average molecular weight is 531 g/mol. The second-order valence-corrected chi connectivity index (χ2v) is 9.26. The smallest absolute Gasteiger partial charge is 0.387 e. The summed E-state index contributed by atoms with van der Waals surface area (Å²) in [5.74, 6) is -1.53. The van der Waals surface area contributed by atoms with E-state index in [1.165, 1.54) is 23.1 Å². The molecule has 1 aromatic carbocycles.